The van der Waals surface area contributed by atoms with E-state index in [1.165, 1.54) is 0 Å². The minimum atomic E-state index is -0.379. The molecule has 0 saturated carbocycles. The van der Waals surface area contributed by atoms with E-state index in [0.717, 1.165) is 6.42 Å². The van der Waals surface area contributed by atoms with Gasteiger partial charge in [-0.25, -0.2) is 0 Å². The molecule has 0 fully saturated rings. The molecule has 0 saturated heterocycles. The number of ether oxygens (including phenoxy) is 2. The Morgan fingerprint density at radius 1 is 1.29 bits per heavy atom. The summed E-state index contributed by atoms with van der Waals surface area (Å²) in [6, 6.07) is 0. The second kappa shape index (κ2) is 6.02. The first-order chi connectivity index (χ1) is 6.31. The fraction of sp³-hybridized carbons (Fsp3) is 0.909. The maximum atomic E-state index is 11.2. The van der Waals surface area contributed by atoms with Gasteiger partial charge in [0.15, 0.2) is 0 Å². The average molecular weight is 202 g/mol. The van der Waals surface area contributed by atoms with Crippen LogP contribution in [0.4, 0.5) is 0 Å². The van der Waals surface area contributed by atoms with Crippen molar-refractivity contribution in [1.29, 1.82) is 0 Å². The number of carbonyl (C=O) groups is 1. The first-order valence-electron chi connectivity index (χ1n) is 5.15. The molecule has 0 spiro atoms. The zero-order chi connectivity index (χ0) is 11.2. The Balaban J connectivity index is 3.46. The molecule has 0 radical (unpaired) electrons. The lowest BCUT2D eigenvalue weighted by Crippen LogP contribution is -2.23. The first-order valence-corrected chi connectivity index (χ1v) is 5.15. The molecule has 0 heterocycles. The minimum absolute atomic E-state index is 0.148. The second-order valence-corrected chi connectivity index (χ2v) is 4.61. The van der Waals surface area contributed by atoms with Crippen LogP contribution in [0.1, 0.15) is 47.5 Å². The molecule has 14 heavy (non-hydrogen) atoms. The molecule has 0 unspecified atom stereocenters. The third-order valence-corrected chi connectivity index (χ3v) is 1.40. The van der Waals surface area contributed by atoms with E-state index in [-0.39, 0.29) is 17.7 Å². The number of carbonyl (C=O) groups excluding carboxylic acids is 1. The van der Waals surface area contributed by atoms with E-state index in [2.05, 4.69) is 0 Å². The molecule has 0 aromatic rings. The summed E-state index contributed by atoms with van der Waals surface area (Å²) in [6.07, 6.45) is 1.39. The Morgan fingerprint density at radius 3 is 2.29 bits per heavy atom. The van der Waals surface area contributed by atoms with E-state index in [1.807, 2.05) is 34.6 Å². The van der Waals surface area contributed by atoms with E-state index >= 15 is 0 Å². The van der Waals surface area contributed by atoms with Crippen LogP contribution in [0.15, 0.2) is 0 Å². The Bertz CT molecular complexity index is 168. The van der Waals surface area contributed by atoms with Crippen LogP contribution < -0.4 is 0 Å². The van der Waals surface area contributed by atoms with Crippen molar-refractivity contribution < 1.29 is 14.3 Å². The smallest absolute Gasteiger partial charge is 0.306 e. The van der Waals surface area contributed by atoms with Gasteiger partial charge in [0, 0.05) is 13.0 Å². The molecule has 0 rings (SSSR count). The Morgan fingerprint density at radius 2 is 1.86 bits per heavy atom. The van der Waals surface area contributed by atoms with Crippen molar-refractivity contribution in [2.45, 2.75) is 59.2 Å². The van der Waals surface area contributed by atoms with Gasteiger partial charge < -0.3 is 9.47 Å². The third kappa shape index (κ3) is 9.52. The van der Waals surface area contributed by atoms with E-state index in [4.69, 9.17) is 9.47 Å². The summed E-state index contributed by atoms with van der Waals surface area (Å²) in [5.74, 6) is -0.148. The molecule has 3 heteroatoms. The van der Waals surface area contributed by atoms with Gasteiger partial charge in [-0.05, 0) is 41.0 Å². The van der Waals surface area contributed by atoms with Gasteiger partial charge in [0.05, 0.1) is 6.10 Å². The highest BCUT2D eigenvalue weighted by molar-refractivity contribution is 5.69. The van der Waals surface area contributed by atoms with Gasteiger partial charge in [-0.15, -0.1) is 0 Å². The standard InChI is InChI=1S/C11H22O3/c1-9(2)13-8-6-7-10(12)14-11(3,4)5/h9H,6-8H2,1-5H3. The van der Waals surface area contributed by atoms with Crippen molar-refractivity contribution in [2.75, 3.05) is 6.61 Å². The van der Waals surface area contributed by atoms with Gasteiger partial charge in [0.2, 0.25) is 0 Å². The molecule has 0 aliphatic carbocycles. The van der Waals surface area contributed by atoms with E-state index < -0.39 is 0 Å². The van der Waals surface area contributed by atoms with Crippen molar-refractivity contribution in [1.82, 2.24) is 0 Å². The number of rotatable bonds is 5. The molecule has 0 aromatic carbocycles. The van der Waals surface area contributed by atoms with Crippen LogP contribution in [0.2, 0.25) is 0 Å². The molecule has 84 valence electrons. The second-order valence-electron chi connectivity index (χ2n) is 4.61. The fourth-order valence-electron chi connectivity index (χ4n) is 0.928. The van der Waals surface area contributed by atoms with Crippen molar-refractivity contribution >= 4 is 5.97 Å². The summed E-state index contributed by atoms with van der Waals surface area (Å²) in [7, 11) is 0. The monoisotopic (exact) mass is 202 g/mol. The van der Waals surface area contributed by atoms with Crippen molar-refractivity contribution in [3.63, 3.8) is 0 Å². The Hall–Kier alpha value is -0.570. The number of hydrogen-bond donors (Lipinski definition) is 0. The lowest BCUT2D eigenvalue weighted by molar-refractivity contribution is -0.155. The molecule has 3 nitrogen and oxygen atoms in total. The van der Waals surface area contributed by atoms with E-state index in [9.17, 15) is 4.79 Å². The topological polar surface area (TPSA) is 35.5 Å². The SMILES string of the molecule is CC(C)OCCCC(=O)OC(C)(C)C. The number of esters is 1. The van der Waals surface area contributed by atoms with Crippen LogP contribution in [0.25, 0.3) is 0 Å². The highest BCUT2D eigenvalue weighted by atomic mass is 16.6. The molecule has 0 atom stereocenters. The summed E-state index contributed by atoms with van der Waals surface area (Å²) >= 11 is 0. The van der Waals surface area contributed by atoms with Crippen molar-refractivity contribution in [2.24, 2.45) is 0 Å². The molecule has 0 aromatic heterocycles. The van der Waals surface area contributed by atoms with Crippen molar-refractivity contribution in [3.8, 4) is 0 Å². The lowest BCUT2D eigenvalue weighted by Gasteiger charge is -2.19. The summed E-state index contributed by atoms with van der Waals surface area (Å²) in [4.78, 5) is 11.2. The summed E-state index contributed by atoms with van der Waals surface area (Å²) in [5.41, 5.74) is -0.379. The lowest BCUT2D eigenvalue weighted by atomic mass is 10.2. The van der Waals surface area contributed by atoms with Gasteiger partial charge >= 0.3 is 5.97 Å². The predicted molar refractivity (Wildman–Crippen MR) is 56.2 cm³/mol. The summed E-state index contributed by atoms with van der Waals surface area (Å²) in [5, 5.41) is 0. The largest absolute Gasteiger partial charge is 0.460 e. The van der Waals surface area contributed by atoms with Gasteiger partial charge in [0.1, 0.15) is 5.60 Å². The van der Waals surface area contributed by atoms with Gasteiger partial charge in [-0.3, -0.25) is 4.79 Å². The van der Waals surface area contributed by atoms with Crippen LogP contribution in [-0.2, 0) is 14.3 Å². The Kier molecular flexibility index (Phi) is 5.77. The molecular weight excluding hydrogens is 180 g/mol. The average Bonchev–Trinajstić information content (AvgIpc) is 1.94. The first kappa shape index (κ1) is 13.4. The molecule has 0 bridgehead atoms. The van der Waals surface area contributed by atoms with Gasteiger partial charge in [-0.2, -0.15) is 0 Å². The quantitative estimate of drug-likeness (QED) is 0.507. The third-order valence-electron chi connectivity index (χ3n) is 1.40. The number of hydrogen-bond acceptors (Lipinski definition) is 3. The zero-order valence-electron chi connectivity index (χ0n) is 9.92. The normalized spacial score (nSPS) is 11.9. The maximum absolute atomic E-state index is 11.2. The van der Waals surface area contributed by atoms with Gasteiger partial charge in [0.25, 0.3) is 0 Å². The summed E-state index contributed by atoms with van der Waals surface area (Å²) in [6.45, 7) is 10.2. The molecular formula is C11H22O3. The highest BCUT2D eigenvalue weighted by Gasteiger charge is 2.15. The summed E-state index contributed by atoms with van der Waals surface area (Å²) < 4.78 is 10.5. The van der Waals surface area contributed by atoms with Crippen LogP contribution in [-0.4, -0.2) is 24.3 Å². The molecule has 0 N–H and O–H groups in total. The van der Waals surface area contributed by atoms with E-state index in [0.29, 0.717) is 13.0 Å². The molecule has 0 aliphatic rings. The maximum Gasteiger partial charge on any atom is 0.306 e. The van der Waals surface area contributed by atoms with E-state index in [1.54, 1.807) is 0 Å². The van der Waals surface area contributed by atoms with Crippen LogP contribution in [0, 0.1) is 0 Å². The van der Waals surface area contributed by atoms with Crippen LogP contribution >= 0.6 is 0 Å². The minimum Gasteiger partial charge on any atom is -0.460 e. The van der Waals surface area contributed by atoms with Gasteiger partial charge in [-0.1, -0.05) is 0 Å². The molecule has 0 aliphatic heterocycles. The fourth-order valence-corrected chi connectivity index (χ4v) is 0.928. The van der Waals surface area contributed by atoms with Crippen LogP contribution in [0.3, 0.4) is 0 Å². The highest BCUT2D eigenvalue weighted by Crippen LogP contribution is 2.09. The van der Waals surface area contributed by atoms with Crippen molar-refractivity contribution in [3.05, 3.63) is 0 Å². The molecule has 0 amide bonds. The zero-order valence-corrected chi connectivity index (χ0v) is 9.92. The predicted octanol–water partition coefficient (Wildman–Crippen LogP) is 2.53. The van der Waals surface area contributed by atoms with Crippen LogP contribution in [0.5, 0.6) is 0 Å². The Labute approximate surface area is 86.8 Å².